The summed E-state index contributed by atoms with van der Waals surface area (Å²) in [5.41, 5.74) is 2.19. The summed E-state index contributed by atoms with van der Waals surface area (Å²) in [6.07, 6.45) is 0.376. The quantitative estimate of drug-likeness (QED) is 0.571. The van der Waals surface area contributed by atoms with E-state index in [9.17, 15) is 21.6 Å². The van der Waals surface area contributed by atoms with E-state index in [-0.39, 0.29) is 22.6 Å². The first-order valence-corrected chi connectivity index (χ1v) is 11.9. The molecule has 33 heavy (non-hydrogen) atoms. The molecule has 0 aliphatic heterocycles. The van der Waals surface area contributed by atoms with Gasteiger partial charge in [0, 0.05) is 6.04 Å². The van der Waals surface area contributed by atoms with Crippen LogP contribution < -0.4 is 9.88 Å². The fourth-order valence-electron chi connectivity index (χ4n) is 4.51. The molecule has 1 saturated carbocycles. The van der Waals surface area contributed by atoms with Crippen LogP contribution in [0.25, 0.3) is 11.1 Å². The zero-order valence-electron chi connectivity index (χ0n) is 17.8. The Labute approximate surface area is 189 Å². The summed E-state index contributed by atoms with van der Waals surface area (Å²) in [5, 5.41) is 13.4. The molecule has 2 aromatic carbocycles. The maximum atomic E-state index is 12.5. The summed E-state index contributed by atoms with van der Waals surface area (Å²) in [7, 11) is -3.92. The second-order valence-corrected chi connectivity index (χ2v) is 9.73. The molecule has 0 saturated heterocycles. The van der Waals surface area contributed by atoms with Crippen molar-refractivity contribution in [1.82, 2.24) is 14.8 Å². The van der Waals surface area contributed by atoms with Gasteiger partial charge >= 0.3 is 6.36 Å². The fraction of sp³-hybridized carbons (Fsp3) is 0.364. The first-order chi connectivity index (χ1) is 15.5. The van der Waals surface area contributed by atoms with Crippen molar-refractivity contribution in [1.29, 1.82) is 0 Å². The van der Waals surface area contributed by atoms with E-state index >= 15 is 0 Å². The van der Waals surface area contributed by atoms with Gasteiger partial charge < -0.3 is 9.30 Å². The highest BCUT2D eigenvalue weighted by Gasteiger charge is 2.31. The molecule has 2 atom stereocenters. The van der Waals surface area contributed by atoms with Crippen LogP contribution in [0.1, 0.15) is 49.0 Å². The van der Waals surface area contributed by atoms with Gasteiger partial charge in [0.15, 0.2) is 0 Å². The lowest BCUT2D eigenvalue weighted by molar-refractivity contribution is -0.274. The number of rotatable bonds is 5. The normalized spacial score (nSPS) is 19.4. The molecule has 1 aromatic heterocycles. The summed E-state index contributed by atoms with van der Waals surface area (Å²) in [6, 6.07) is 10.3. The minimum absolute atomic E-state index is 0.000812. The van der Waals surface area contributed by atoms with Gasteiger partial charge in [0.05, 0.1) is 4.90 Å². The Hall–Kier alpha value is -2.92. The number of benzene rings is 2. The van der Waals surface area contributed by atoms with Crippen molar-refractivity contribution in [3.63, 3.8) is 0 Å². The highest BCUT2D eigenvalue weighted by atomic mass is 32.2. The minimum Gasteiger partial charge on any atom is -0.406 e. The number of aromatic nitrogens is 3. The van der Waals surface area contributed by atoms with Gasteiger partial charge in [-0.3, -0.25) is 0 Å². The van der Waals surface area contributed by atoms with Gasteiger partial charge in [0.2, 0.25) is 10.0 Å². The Morgan fingerprint density at radius 2 is 1.85 bits per heavy atom. The van der Waals surface area contributed by atoms with Crippen molar-refractivity contribution >= 4 is 10.0 Å². The van der Waals surface area contributed by atoms with Crippen molar-refractivity contribution in [3.05, 3.63) is 60.2 Å². The standard InChI is InChI=1S/C22H23F3N4O3S/c1-14-28-27-13-29(14)17-4-2-3-16(11-17)21-12-19(33(26,30)31)9-10-20(21)15-5-7-18(8-6-15)32-22(23,24)25/h5-10,12-13,16-17H,2-4,11H2,1H3,(H2,26,30,31)/t16-,17+/m0/s1. The van der Waals surface area contributed by atoms with E-state index < -0.39 is 16.4 Å². The van der Waals surface area contributed by atoms with Crippen LogP contribution in [0, 0.1) is 6.92 Å². The molecule has 0 spiro atoms. The van der Waals surface area contributed by atoms with Gasteiger partial charge in [0.25, 0.3) is 0 Å². The van der Waals surface area contributed by atoms with Gasteiger partial charge in [-0.25, -0.2) is 13.6 Å². The molecule has 176 valence electrons. The topological polar surface area (TPSA) is 100 Å². The molecule has 0 bridgehead atoms. The van der Waals surface area contributed by atoms with Crippen molar-refractivity contribution in [3.8, 4) is 16.9 Å². The molecule has 1 heterocycles. The summed E-state index contributed by atoms with van der Waals surface area (Å²) < 4.78 is 67.6. The molecule has 1 aliphatic carbocycles. The number of nitrogens with zero attached hydrogens (tertiary/aromatic N) is 3. The molecule has 7 nitrogen and oxygen atoms in total. The number of nitrogens with two attached hydrogens (primary N) is 1. The third-order valence-electron chi connectivity index (χ3n) is 5.98. The number of hydrogen-bond donors (Lipinski definition) is 1. The van der Waals surface area contributed by atoms with E-state index in [1.807, 2.05) is 11.5 Å². The van der Waals surface area contributed by atoms with Gasteiger partial charge in [-0.2, -0.15) is 0 Å². The molecule has 0 unspecified atom stereocenters. The maximum absolute atomic E-state index is 12.5. The number of halogens is 3. The van der Waals surface area contributed by atoms with Crippen molar-refractivity contribution in [2.24, 2.45) is 5.14 Å². The van der Waals surface area contributed by atoms with Crippen molar-refractivity contribution < 1.29 is 26.3 Å². The van der Waals surface area contributed by atoms with E-state index in [1.54, 1.807) is 18.5 Å². The number of ether oxygens (including phenoxy) is 1. The third kappa shape index (κ3) is 5.36. The molecule has 1 fully saturated rings. The predicted octanol–water partition coefficient (Wildman–Crippen LogP) is 4.70. The molecule has 4 rings (SSSR count). The lowest BCUT2D eigenvalue weighted by atomic mass is 9.78. The molecule has 0 radical (unpaired) electrons. The second-order valence-electron chi connectivity index (χ2n) is 8.17. The zero-order valence-corrected chi connectivity index (χ0v) is 18.6. The number of primary sulfonamides is 1. The van der Waals surface area contributed by atoms with E-state index in [1.165, 1.54) is 30.3 Å². The highest BCUT2D eigenvalue weighted by Crippen LogP contribution is 2.43. The van der Waals surface area contributed by atoms with Crippen LogP contribution in [0.15, 0.2) is 53.7 Å². The van der Waals surface area contributed by atoms with Crippen LogP contribution in [-0.2, 0) is 10.0 Å². The summed E-state index contributed by atoms with van der Waals surface area (Å²) in [6.45, 7) is 1.88. The molecule has 2 N–H and O–H groups in total. The van der Waals surface area contributed by atoms with E-state index in [0.717, 1.165) is 42.6 Å². The zero-order chi connectivity index (χ0) is 23.8. The number of hydrogen-bond acceptors (Lipinski definition) is 5. The Morgan fingerprint density at radius 1 is 1.12 bits per heavy atom. The Kier molecular flexibility index (Phi) is 6.19. The summed E-state index contributed by atoms with van der Waals surface area (Å²) in [4.78, 5) is 0.000812. The van der Waals surface area contributed by atoms with Gasteiger partial charge in [-0.05, 0) is 73.1 Å². The highest BCUT2D eigenvalue weighted by molar-refractivity contribution is 7.89. The molecule has 3 aromatic rings. The van der Waals surface area contributed by atoms with Crippen LogP contribution in [0.3, 0.4) is 0 Å². The van der Waals surface area contributed by atoms with Crippen LogP contribution >= 0.6 is 0 Å². The van der Waals surface area contributed by atoms with E-state index in [0.29, 0.717) is 5.56 Å². The average molecular weight is 481 g/mol. The van der Waals surface area contributed by atoms with Crippen LogP contribution in [-0.4, -0.2) is 29.5 Å². The van der Waals surface area contributed by atoms with Crippen LogP contribution in [0.5, 0.6) is 5.75 Å². The monoisotopic (exact) mass is 480 g/mol. The lowest BCUT2D eigenvalue weighted by Crippen LogP contribution is -2.20. The Balaban J connectivity index is 1.72. The smallest absolute Gasteiger partial charge is 0.406 e. The Morgan fingerprint density at radius 3 is 2.45 bits per heavy atom. The van der Waals surface area contributed by atoms with Gasteiger partial charge in [-0.15, -0.1) is 23.4 Å². The maximum Gasteiger partial charge on any atom is 0.573 e. The number of aryl methyl sites for hydroxylation is 1. The number of sulfonamides is 1. The van der Waals surface area contributed by atoms with Crippen molar-refractivity contribution in [2.75, 3.05) is 0 Å². The van der Waals surface area contributed by atoms with E-state index in [2.05, 4.69) is 14.9 Å². The first kappa shape index (κ1) is 23.2. The Bertz CT molecular complexity index is 1240. The third-order valence-corrected chi connectivity index (χ3v) is 6.89. The minimum atomic E-state index is -4.78. The average Bonchev–Trinajstić information content (AvgIpc) is 3.18. The number of alkyl halides is 3. The summed E-state index contributed by atoms with van der Waals surface area (Å²) in [5.74, 6) is 0.502. The molecule has 11 heteroatoms. The fourth-order valence-corrected chi connectivity index (χ4v) is 5.06. The van der Waals surface area contributed by atoms with E-state index in [4.69, 9.17) is 5.14 Å². The molecule has 1 aliphatic rings. The van der Waals surface area contributed by atoms with Gasteiger partial charge in [0.1, 0.15) is 17.9 Å². The SMILES string of the molecule is Cc1nncn1[C@@H]1CCC[C@H](c2cc(S(N)(=O)=O)ccc2-c2ccc(OC(F)(F)F)cc2)C1. The van der Waals surface area contributed by atoms with Gasteiger partial charge in [-0.1, -0.05) is 24.6 Å². The summed E-state index contributed by atoms with van der Waals surface area (Å²) >= 11 is 0. The lowest BCUT2D eigenvalue weighted by Gasteiger charge is -2.32. The van der Waals surface area contributed by atoms with Crippen molar-refractivity contribution in [2.45, 2.75) is 55.8 Å². The molecular weight excluding hydrogens is 457 g/mol. The molecule has 0 amide bonds. The van der Waals surface area contributed by atoms with Crippen LogP contribution in [0.2, 0.25) is 0 Å². The first-order valence-electron chi connectivity index (χ1n) is 10.4. The predicted molar refractivity (Wildman–Crippen MR) is 115 cm³/mol. The molecular formula is C22H23F3N4O3S. The van der Waals surface area contributed by atoms with Crippen LogP contribution in [0.4, 0.5) is 13.2 Å². The second kappa shape index (κ2) is 8.79. The largest absolute Gasteiger partial charge is 0.573 e.